The van der Waals surface area contributed by atoms with Crippen LogP contribution in [0.5, 0.6) is 0 Å². The van der Waals surface area contributed by atoms with E-state index in [4.69, 9.17) is 0 Å². The molecule has 0 fully saturated rings. The first kappa shape index (κ1) is 14.2. The van der Waals surface area contributed by atoms with Gasteiger partial charge in [-0.3, -0.25) is 9.20 Å². The van der Waals surface area contributed by atoms with E-state index in [-0.39, 0.29) is 5.78 Å². The molecule has 5 heteroatoms. The third kappa shape index (κ3) is 2.84. The summed E-state index contributed by atoms with van der Waals surface area (Å²) >= 11 is 5.01. The smallest absolute Gasteiger partial charge is 0.194 e. The maximum absolute atomic E-state index is 12.2. The van der Waals surface area contributed by atoms with Crippen molar-refractivity contribution in [3.63, 3.8) is 0 Å². The average molecular weight is 361 g/mol. The van der Waals surface area contributed by atoms with E-state index >= 15 is 0 Å². The number of benzene rings is 1. The molecule has 0 N–H and O–H groups in total. The Balaban J connectivity index is 1.92. The maximum Gasteiger partial charge on any atom is 0.194 e. The van der Waals surface area contributed by atoms with E-state index in [1.807, 2.05) is 47.9 Å². The lowest BCUT2D eigenvalue weighted by molar-refractivity contribution is 0.104. The van der Waals surface area contributed by atoms with Crippen LogP contribution in [-0.4, -0.2) is 15.2 Å². The molecule has 0 saturated heterocycles. The minimum absolute atomic E-state index is 0.0104. The van der Waals surface area contributed by atoms with Crippen LogP contribution < -0.4 is 0 Å². The number of halogens is 1. The Morgan fingerprint density at radius 3 is 2.71 bits per heavy atom. The van der Waals surface area contributed by atoms with Gasteiger partial charge in [-0.05, 0) is 50.3 Å². The third-order valence-electron chi connectivity index (χ3n) is 3.18. The Morgan fingerprint density at radius 1 is 1.29 bits per heavy atom. The first-order chi connectivity index (χ1) is 10.0. The molecule has 0 atom stereocenters. The molecule has 2 heterocycles. The molecule has 3 nitrogen and oxygen atoms in total. The SMILES string of the molecule is Cc1cn2c(/C=C/C(=O)c3ccc(Br)cc3)c(C)nc2s1. The number of nitrogens with zero attached hydrogens (tertiary/aromatic N) is 2. The standard InChI is InChI=1S/C16H13BrN2OS/c1-10-9-19-14(11(2)18-16(19)21-10)7-8-15(20)12-3-5-13(17)6-4-12/h3-9H,1-2H3/b8-7+. The summed E-state index contributed by atoms with van der Waals surface area (Å²) in [5, 5.41) is 0. The Hall–Kier alpha value is -1.72. The zero-order valence-electron chi connectivity index (χ0n) is 11.6. The molecular weight excluding hydrogens is 348 g/mol. The quantitative estimate of drug-likeness (QED) is 0.502. The number of imidazole rings is 1. The number of thiazole rings is 1. The Bertz CT molecular complexity index is 843. The number of hydrogen-bond acceptors (Lipinski definition) is 3. The van der Waals surface area contributed by atoms with Crippen LogP contribution in [0.25, 0.3) is 11.0 Å². The fourth-order valence-corrected chi connectivity index (χ4v) is 3.29. The van der Waals surface area contributed by atoms with Gasteiger partial charge in [0, 0.05) is 21.1 Å². The van der Waals surface area contributed by atoms with Crippen LogP contribution in [0.15, 0.2) is 41.0 Å². The fourth-order valence-electron chi connectivity index (χ4n) is 2.15. The maximum atomic E-state index is 12.2. The van der Waals surface area contributed by atoms with Crippen molar-refractivity contribution < 1.29 is 4.79 Å². The van der Waals surface area contributed by atoms with Gasteiger partial charge in [-0.2, -0.15) is 0 Å². The predicted molar refractivity (Wildman–Crippen MR) is 90.0 cm³/mol. The number of aryl methyl sites for hydroxylation is 2. The summed E-state index contributed by atoms with van der Waals surface area (Å²) in [6, 6.07) is 7.35. The van der Waals surface area contributed by atoms with Gasteiger partial charge in [0.15, 0.2) is 10.7 Å². The van der Waals surface area contributed by atoms with Gasteiger partial charge in [0.1, 0.15) is 0 Å². The molecule has 0 saturated carbocycles. The van der Waals surface area contributed by atoms with E-state index in [1.165, 1.54) is 4.88 Å². The number of fused-ring (bicyclic) bond motifs is 1. The van der Waals surface area contributed by atoms with Gasteiger partial charge in [-0.1, -0.05) is 15.9 Å². The summed E-state index contributed by atoms with van der Waals surface area (Å²) in [7, 11) is 0. The highest BCUT2D eigenvalue weighted by Crippen LogP contribution is 2.21. The summed E-state index contributed by atoms with van der Waals surface area (Å²) in [5.74, 6) is -0.0104. The highest BCUT2D eigenvalue weighted by molar-refractivity contribution is 9.10. The minimum atomic E-state index is -0.0104. The summed E-state index contributed by atoms with van der Waals surface area (Å²) in [6.45, 7) is 4.01. The Morgan fingerprint density at radius 2 is 2.00 bits per heavy atom. The second-order valence-corrected chi connectivity index (χ2v) is 6.91. The molecule has 1 aromatic carbocycles. The summed E-state index contributed by atoms with van der Waals surface area (Å²) in [5.41, 5.74) is 2.57. The van der Waals surface area contributed by atoms with Crippen LogP contribution >= 0.6 is 27.3 Å². The van der Waals surface area contributed by atoms with Gasteiger partial charge in [0.2, 0.25) is 0 Å². The largest absolute Gasteiger partial charge is 0.290 e. The average Bonchev–Trinajstić information content (AvgIpc) is 2.92. The number of rotatable bonds is 3. The molecule has 106 valence electrons. The fraction of sp³-hybridized carbons (Fsp3) is 0.125. The predicted octanol–water partition coefficient (Wildman–Crippen LogP) is 4.67. The van der Waals surface area contributed by atoms with Gasteiger partial charge >= 0.3 is 0 Å². The molecule has 0 spiro atoms. The van der Waals surface area contributed by atoms with E-state index in [2.05, 4.69) is 27.8 Å². The molecule has 0 unspecified atom stereocenters. The van der Waals surface area contributed by atoms with Gasteiger partial charge in [-0.15, -0.1) is 11.3 Å². The Labute approximate surface area is 135 Å². The van der Waals surface area contributed by atoms with Gasteiger partial charge in [0.25, 0.3) is 0 Å². The van der Waals surface area contributed by atoms with Crippen molar-refractivity contribution in [3.8, 4) is 0 Å². The normalized spacial score (nSPS) is 11.6. The molecule has 0 aliphatic rings. The number of carbonyl (C=O) groups excluding carboxylic acids is 1. The van der Waals surface area contributed by atoms with Crippen molar-refractivity contribution >= 4 is 44.1 Å². The van der Waals surface area contributed by atoms with Crippen LogP contribution in [0.4, 0.5) is 0 Å². The van der Waals surface area contributed by atoms with Crippen LogP contribution in [-0.2, 0) is 0 Å². The number of allylic oxidation sites excluding steroid dienone is 1. The van der Waals surface area contributed by atoms with Crippen LogP contribution in [0.2, 0.25) is 0 Å². The number of aromatic nitrogens is 2. The minimum Gasteiger partial charge on any atom is -0.290 e. The van der Waals surface area contributed by atoms with Gasteiger partial charge in [-0.25, -0.2) is 4.98 Å². The third-order valence-corrected chi connectivity index (χ3v) is 4.61. The van der Waals surface area contributed by atoms with Crippen LogP contribution in [0.1, 0.15) is 26.6 Å². The first-order valence-electron chi connectivity index (χ1n) is 6.47. The number of carbonyl (C=O) groups is 1. The first-order valence-corrected chi connectivity index (χ1v) is 8.08. The van der Waals surface area contributed by atoms with E-state index in [0.29, 0.717) is 5.56 Å². The second-order valence-electron chi connectivity index (χ2n) is 4.78. The van der Waals surface area contributed by atoms with Crippen molar-refractivity contribution in [1.82, 2.24) is 9.38 Å². The van der Waals surface area contributed by atoms with Crippen molar-refractivity contribution in [2.75, 3.05) is 0 Å². The second kappa shape index (κ2) is 5.58. The molecule has 0 bridgehead atoms. The summed E-state index contributed by atoms with van der Waals surface area (Å²) in [6.07, 6.45) is 5.49. The van der Waals surface area contributed by atoms with Crippen molar-refractivity contribution in [2.24, 2.45) is 0 Å². The number of hydrogen-bond donors (Lipinski definition) is 0. The van der Waals surface area contributed by atoms with Crippen LogP contribution in [0.3, 0.4) is 0 Å². The van der Waals surface area contributed by atoms with E-state index in [0.717, 1.165) is 20.8 Å². The van der Waals surface area contributed by atoms with Gasteiger partial charge < -0.3 is 0 Å². The van der Waals surface area contributed by atoms with Crippen molar-refractivity contribution in [1.29, 1.82) is 0 Å². The van der Waals surface area contributed by atoms with E-state index < -0.39 is 0 Å². The molecule has 0 aliphatic carbocycles. The van der Waals surface area contributed by atoms with Crippen molar-refractivity contribution in [3.05, 3.63) is 62.8 Å². The van der Waals surface area contributed by atoms with Crippen molar-refractivity contribution in [2.45, 2.75) is 13.8 Å². The highest BCUT2D eigenvalue weighted by atomic mass is 79.9. The molecule has 0 amide bonds. The van der Waals surface area contributed by atoms with Gasteiger partial charge in [0.05, 0.1) is 11.4 Å². The molecule has 3 aromatic rings. The van der Waals surface area contributed by atoms with Crippen LogP contribution in [0, 0.1) is 13.8 Å². The molecule has 21 heavy (non-hydrogen) atoms. The molecule has 2 aromatic heterocycles. The van der Waals surface area contributed by atoms with E-state index in [1.54, 1.807) is 17.4 Å². The molecule has 0 aliphatic heterocycles. The number of ketones is 1. The lowest BCUT2D eigenvalue weighted by Gasteiger charge is -1.96. The summed E-state index contributed by atoms with van der Waals surface area (Å²) < 4.78 is 2.99. The summed E-state index contributed by atoms with van der Waals surface area (Å²) in [4.78, 5) is 18.8. The molecule has 3 rings (SSSR count). The monoisotopic (exact) mass is 360 g/mol. The zero-order chi connectivity index (χ0) is 15.0. The molecular formula is C16H13BrN2OS. The lowest BCUT2D eigenvalue weighted by Crippen LogP contribution is -1.94. The lowest BCUT2D eigenvalue weighted by atomic mass is 10.1. The Kier molecular flexibility index (Phi) is 3.78. The molecule has 0 radical (unpaired) electrons. The zero-order valence-corrected chi connectivity index (χ0v) is 14.0. The van der Waals surface area contributed by atoms with E-state index in [9.17, 15) is 4.79 Å². The topological polar surface area (TPSA) is 34.4 Å². The highest BCUT2D eigenvalue weighted by Gasteiger charge is 2.09.